The number of rotatable bonds is 3. The van der Waals surface area contributed by atoms with Crippen LogP contribution in [-0.2, 0) is 26.9 Å². The van der Waals surface area contributed by atoms with Crippen LogP contribution in [0.15, 0.2) is 24.3 Å². The van der Waals surface area contributed by atoms with Gasteiger partial charge >= 0.3 is 6.18 Å². The first kappa shape index (κ1) is 24.5. The van der Waals surface area contributed by atoms with E-state index >= 15 is 0 Å². The number of morpholine rings is 1. The second-order valence-electron chi connectivity index (χ2n) is 8.55. The maximum absolute atomic E-state index is 12.9. The number of carbonyl (C=O) groups excluding carboxylic acids is 1. The summed E-state index contributed by atoms with van der Waals surface area (Å²) in [7, 11) is 0. The summed E-state index contributed by atoms with van der Waals surface area (Å²) >= 11 is 0. The van der Waals surface area contributed by atoms with E-state index in [1.807, 2.05) is 0 Å². The molecule has 0 spiro atoms. The lowest BCUT2D eigenvalue weighted by Crippen LogP contribution is -2.53. The monoisotopic (exact) mass is 458 g/mol. The molecule has 178 valence electrons. The number of ether oxygens (including phenoxy) is 1. The third-order valence-electron chi connectivity index (χ3n) is 6.59. The van der Waals surface area contributed by atoms with Crippen LogP contribution in [0.1, 0.15) is 24.0 Å². The van der Waals surface area contributed by atoms with Crippen molar-refractivity contribution in [3.05, 3.63) is 35.4 Å². The van der Waals surface area contributed by atoms with Gasteiger partial charge in [-0.05, 0) is 36.3 Å². The molecule has 1 aromatic rings. The zero-order valence-electron chi connectivity index (χ0n) is 17.7. The predicted molar refractivity (Wildman–Crippen MR) is 109 cm³/mol. The van der Waals surface area contributed by atoms with Gasteiger partial charge in [0.05, 0.1) is 31.3 Å². The van der Waals surface area contributed by atoms with Crippen molar-refractivity contribution in [2.75, 3.05) is 39.4 Å². The van der Waals surface area contributed by atoms with Crippen LogP contribution in [0.25, 0.3) is 0 Å². The van der Waals surface area contributed by atoms with Crippen molar-refractivity contribution in [2.45, 2.75) is 37.6 Å². The number of hydrogen-bond acceptors (Lipinski definition) is 5. The SMILES string of the molecule is O=C(Cc1cccc(C(F)(F)F)c1)N1C[C@H]2C[C@@H](N3CCOCC3)[C@H](O)C[C@H]2C1.O=CO. The lowest BCUT2D eigenvalue weighted by molar-refractivity contribution is -0.138. The Morgan fingerprint density at radius 2 is 1.78 bits per heavy atom. The number of likely N-dealkylation sites (tertiary alicyclic amines) is 1. The average Bonchev–Trinajstić information content (AvgIpc) is 3.17. The van der Waals surface area contributed by atoms with E-state index in [1.165, 1.54) is 6.07 Å². The van der Waals surface area contributed by atoms with Gasteiger partial charge in [0.15, 0.2) is 0 Å². The van der Waals surface area contributed by atoms with Crippen molar-refractivity contribution < 1.29 is 37.7 Å². The van der Waals surface area contributed by atoms with Crippen LogP contribution in [0.5, 0.6) is 0 Å². The predicted octanol–water partition coefficient (Wildman–Crippen LogP) is 1.88. The van der Waals surface area contributed by atoms with E-state index < -0.39 is 17.8 Å². The number of amides is 1. The number of fused-ring (bicyclic) bond motifs is 1. The lowest BCUT2D eigenvalue weighted by Gasteiger charge is -2.43. The number of hydrogen-bond donors (Lipinski definition) is 2. The van der Waals surface area contributed by atoms with Gasteiger partial charge in [-0.15, -0.1) is 0 Å². The number of benzene rings is 1. The summed E-state index contributed by atoms with van der Waals surface area (Å²) in [5.41, 5.74) is -0.347. The first-order valence-corrected chi connectivity index (χ1v) is 10.7. The normalized spacial score (nSPS) is 28.4. The van der Waals surface area contributed by atoms with Crippen LogP contribution < -0.4 is 0 Å². The highest BCUT2D eigenvalue weighted by molar-refractivity contribution is 5.79. The van der Waals surface area contributed by atoms with Crippen LogP contribution in [-0.4, -0.2) is 83.9 Å². The van der Waals surface area contributed by atoms with Crippen molar-refractivity contribution in [3.63, 3.8) is 0 Å². The number of aliphatic hydroxyl groups is 1. The molecule has 2 saturated heterocycles. The first-order chi connectivity index (χ1) is 15.2. The molecule has 0 radical (unpaired) electrons. The van der Waals surface area contributed by atoms with Gasteiger partial charge in [0, 0.05) is 32.2 Å². The maximum atomic E-state index is 12.9. The van der Waals surface area contributed by atoms with E-state index in [0.29, 0.717) is 44.2 Å². The third kappa shape index (κ3) is 5.99. The average molecular weight is 458 g/mol. The molecule has 4 rings (SSSR count). The van der Waals surface area contributed by atoms with Crippen molar-refractivity contribution in [3.8, 4) is 0 Å². The van der Waals surface area contributed by atoms with Crippen LogP contribution in [0, 0.1) is 11.8 Å². The number of halogens is 3. The second kappa shape index (κ2) is 10.6. The molecule has 10 heteroatoms. The standard InChI is InChI=1S/C21H27F3N2O3.CH2O2/c22-21(23,24)17-3-1-2-14(8-17)9-20(28)26-12-15-10-18(19(27)11-16(15)13-26)25-4-6-29-7-5-25;2-1-3/h1-3,8,15-16,18-19,27H,4-7,9-13H2;1H,(H,2,3)/t15-,16+,18-,19-;/m1./s1. The van der Waals surface area contributed by atoms with Gasteiger partial charge in [-0.25, -0.2) is 0 Å². The Bertz CT molecular complexity index is 785. The fourth-order valence-corrected chi connectivity index (χ4v) is 5.06. The molecule has 1 aromatic carbocycles. The fraction of sp³-hybridized carbons (Fsp3) is 0.636. The molecule has 0 bridgehead atoms. The molecule has 3 fully saturated rings. The van der Waals surface area contributed by atoms with E-state index in [1.54, 1.807) is 11.0 Å². The Balaban J connectivity index is 0.000000913. The minimum Gasteiger partial charge on any atom is -0.483 e. The molecule has 3 aliphatic rings. The number of carbonyl (C=O) groups is 2. The van der Waals surface area contributed by atoms with Gasteiger partial charge in [-0.2, -0.15) is 13.2 Å². The number of aliphatic hydroxyl groups excluding tert-OH is 1. The molecule has 2 N–H and O–H groups in total. The summed E-state index contributed by atoms with van der Waals surface area (Å²) in [6.45, 7) is 3.94. The minimum absolute atomic E-state index is 0.0290. The van der Waals surface area contributed by atoms with Crippen LogP contribution in [0.3, 0.4) is 0 Å². The van der Waals surface area contributed by atoms with E-state index in [0.717, 1.165) is 31.6 Å². The quantitative estimate of drug-likeness (QED) is 0.673. The molecular formula is C22H29F3N2O5. The Labute approximate surface area is 184 Å². The van der Waals surface area contributed by atoms with Crippen LogP contribution >= 0.6 is 0 Å². The molecular weight excluding hydrogens is 429 g/mol. The molecule has 2 heterocycles. The highest BCUT2D eigenvalue weighted by Gasteiger charge is 2.44. The zero-order valence-corrected chi connectivity index (χ0v) is 17.7. The van der Waals surface area contributed by atoms with Gasteiger partial charge in [-0.1, -0.05) is 18.2 Å². The lowest BCUT2D eigenvalue weighted by atomic mass is 9.77. The Morgan fingerprint density at radius 3 is 2.41 bits per heavy atom. The number of alkyl halides is 3. The second-order valence-corrected chi connectivity index (χ2v) is 8.55. The third-order valence-corrected chi connectivity index (χ3v) is 6.59. The molecule has 4 atom stereocenters. The highest BCUT2D eigenvalue weighted by Crippen LogP contribution is 2.39. The van der Waals surface area contributed by atoms with E-state index in [4.69, 9.17) is 14.6 Å². The fourth-order valence-electron chi connectivity index (χ4n) is 5.06. The van der Waals surface area contributed by atoms with Gasteiger partial charge in [0.2, 0.25) is 5.91 Å². The summed E-state index contributed by atoms with van der Waals surface area (Å²) in [4.78, 5) is 25.2. The number of carboxylic acid groups (broad SMARTS) is 1. The molecule has 0 unspecified atom stereocenters. The highest BCUT2D eigenvalue weighted by atomic mass is 19.4. The van der Waals surface area contributed by atoms with Crippen LogP contribution in [0.2, 0.25) is 0 Å². The summed E-state index contributed by atoms with van der Waals surface area (Å²) in [6.07, 6.45) is -3.34. The molecule has 7 nitrogen and oxygen atoms in total. The topological polar surface area (TPSA) is 90.3 Å². The van der Waals surface area contributed by atoms with Crippen molar-refractivity contribution in [1.82, 2.24) is 9.80 Å². The largest absolute Gasteiger partial charge is 0.483 e. The molecule has 32 heavy (non-hydrogen) atoms. The van der Waals surface area contributed by atoms with Gasteiger partial charge in [0.25, 0.3) is 6.47 Å². The van der Waals surface area contributed by atoms with Gasteiger partial charge < -0.3 is 19.8 Å². The van der Waals surface area contributed by atoms with Crippen molar-refractivity contribution in [1.29, 1.82) is 0 Å². The van der Waals surface area contributed by atoms with Gasteiger partial charge in [0.1, 0.15) is 0 Å². The Hall–Kier alpha value is -2.17. The maximum Gasteiger partial charge on any atom is 0.416 e. The Morgan fingerprint density at radius 1 is 1.16 bits per heavy atom. The summed E-state index contributed by atoms with van der Waals surface area (Å²) < 4.78 is 44.1. The number of nitrogens with zero attached hydrogens (tertiary/aromatic N) is 2. The molecule has 1 saturated carbocycles. The van der Waals surface area contributed by atoms with Crippen LogP contribution in [0.4, 0.5) is 13.2 Å². The first-order valence-electron chi connectivity index (χ1n) is 10.7. The minimum atomic E-state index is -4.41. The molecule has 1 aliphatic carbocycles. The summed E-state index contributed by atoms with van der Waals surface area (Å²) in [5.74, 6) is 0.445. The molecule has 1 amide bonds. The van der Waals surface area contributed by atoms with Gasteiger partial charge in [-0.3, -0.25) is 14.5 Å². The van der Waals surface area contributed by atoms with Crippen molar-refractivity contribution >= 4 is 12.4 Å². The zero-order chi connectivity index (χ0) is 23.3. The smallest absolute Gasteiger partial charge is 0.416 e. The van der Waals surface area contributed by atoms with Crippen molar-refractivity contribution in [2.24, 2.45) is 11.8 Å². The van der Waals surface area contributed by atoms with E-state index in [-0.39, 0.29) is 30.8 Å². The van der Waals surface area contributed by atoms with E-state index in [9.17, 15) is 23.1 Å². The summed E-state index contributed by atoms with van der Waals surface area (Å²) in [5, 5.41) is 17.5. The molecule has 2 aliphatic heterocycles. The molecule has 0 aromatic heterocycles. The van der Waals surface area contributed by atoms with E-state index in [2.05, 4.69) is 4.90 Å². The Kier molecular flexibility index (Phi) is 8.13. The summed E-state index contributed by atoms with van der Waals surface area (Å²) in [6, 6.07) is 5.08.